The van der Waals surface area contributed by atoms with E-state index in [1.54, 1.807) is 43.6 Å². The molecule has 1 N–H and O–H groups in total. The number of nitrogens with zero attached hydrogens (tertiary/aromatic N) is 3. The second-order valence-corrected chi connectivity index (χ2v) is 5.71. The van der Waals surface area contributed by atoms with Crippen molar-refractivity contribution in [1.29, 1.82) is 0 Å². The minimum atomic E-state index is -0.317. The van der Waals surface area contributed by atoms with Gasteiger partial charge in [-0.2, -0.15) is 0 Å². The van der Waals surface area contributed by atoms with Crippen molar-refractivity contribution >= 4 is 17.8 Å². The monoisotopic (exact) mass is 338 g/mol. The van der Waals surface area contributed by atoms with Crippen LogP contribution in [-0.4, -0.2) is 52.8 Å². The van der Waals surface area contributed by atoms with E-state index >= 15 is 0 Å². The lowest BCUT2D eigenvalue weighted by molar-refractivity contribution is 0.0644. The lowest BCUT2D eigenvalue weighted by atomic mass is 10.1. The maximum absolute atomic E-state index is 12.3. The molecule has 1 aliphatic rings. The number of carbonyl (C=O) groups is 3. The van der Waals surface area contributed by atoms with Crippen molar-refractivity contribution in [3.63, 3.8) is 0 Å². The lowest BCUT2D eigenvalue weighted by Gasteiger charge is -2.21. The zero-order valence-electron chi connectivity index (χ0n) is 13.8. The summed E-state index contributed by atoms with van der Waals surface area (Å²) in [4.78, 5) is 43.4. The molecule has 0 unspecified atom stereocenters. The highest BCUT2D eigenvalue weighted by atomic mass is 16.2. The van der Waals surface area contributed by atoms with Crippen LogP contribution in [0.3, 0.4) is 0 Å². The predicted molar refractivity (Wildman–Crippen MR) is 90.9 cm³/mol. The van der Waals surface area contributed by atoms with Gasteiger partial charge in [-0.05, 0) is 24.3 Å². The van der Waals surface area contributed by atoms with Crippen molar-refractivity contribution in [2.75, 3.05) is 20.1 Å². The number of hydrogen-bond donors (Lipinski definition) is 1. The molecule has 1 aromatic carbocycles. The summed E-state index contributed by atoms with van der Waals surface area (Å²) in [6, 6.07) is 11.9. The quantitative estimate of drug-likeness (QED) is 0.838. The molecule has 0 fully saturated rings. The molecule has 128 valence electrons. The van der Waals surface area contributed by atoms with E-state index in [4.69, 9.17) is 0 Å². The van der Waals surface area contributed by atoms with Gasteiger partial charge in [0, 0.05) is 26.3 Å². The van der Waals surface area contributed by atoms with E-state index in [-0.39, 0.29) is 30.9 Å². The summed E-state index contributed by atoms with van der Waals surface area (Å²) >= 11 is 0. The summed E-state index contributed by atoms with van der Waals surface area (Å²) < 4.78 is 0. The average Bonchev–Trinajstić information content (AvgIpc) is 2.89. The molecule has 0 saturated carbocycles. The molecular formula is C18H18N4O3. The molecule has 1 aromatic heterocycles. The Labute approximate surface area is 145 Å². The fourth-order valence-electron chi connectivity index (χ4n) is 2.60. The summed E-state index contributed by atoms with van der Waals surface area (Å²) in [5.41, 5.74) is 1.58. The van der Waals surface area contributed by atoms with Gasteiger partial charge in [0.25, 0.3) is 11.8 Å². The third-order valence-corrected chi connectivity index (χ3v) is 4.03. The number of imide groups is 1. The first-order valence-electron chi connectivity index (χ1n) is 7.92. The maximum atomic E-state index is 12.3. The minimum Gasteiger partial charge on any atom is -0.332 e. The van der Waals surface area contributed by atoms with Gasteiger partial charge in [-0.15, -0.1) is 0 Å². The smallest absolute Gasteiger partial charge is 0.317 e. The minimum absolute atomic E-state index is 0.153. The molecule has 0 spiro atoms. The van der Waals surface area contributed by atoms with E-state index in [1.165, 1.54) is 9.80 Å². The van der Waals surface area contributed by atoms with Gasteiger partial charge in [0.2, 0.25) is 0 Å². The Balaban J connectivity index is 1.52. The summed E-state index contributed by atoms with van der Waals surface area (Å²) in [5, 5.41) is 2.75. The number of pyridine rings is 1. The molecule has 0 radical (unpaired) electrons. The molecule has 1 aliphatic heterocycles. The number of benzene rings is 1. The number of carbonyl (C=O) groups excluding carboxylic acids is 3. The van der Waals surface area contributed by atoms with Crippen LogP contribution in [0.15, 0.2) is 48.7 Å². The Hall–Kier alpha value is -3.22. The Kier molecular flexibility index (Phi) is 4.74. The molecular weight excluding hydrogens is 320 g/mol. The standard InChI is InChI=1S/C18H18N4O3/c1-21(18(25)20-12-13-6-4-5-9-19-13)10-11-22-16(23)14-7-2-3-8-15(14)17(22)24/h2-9H,10-12H2,1H3,(H,20,25). The van der Waals surface area contributed by atoms with E-state index < -0.39 is 0 Å². The van der Waals surface area contributed by atoms with Crippen LogP contribution in [0.2, 0.25) is 0 Å². The van der Waals surface area contributed by atoms with Crippen LogP contribution in [0.5, 0.6) is 0 Å². The molecule has 2 heterocycles. The normalized spacial score (nSPS) is 12.9. The number of aromatic nitrogens is 1. The number of amides is 4. The van der Waals surface area contributed by atoms with Gasteiger partial charge in [0.05, 0.1) is 23.4 Å². The third kappa shape index (κ3) is 3.50. The summed E-state index contributed by atoms with van der Waals surface area (Å²) in [5.74, 6) is -0.634. The first-order valence-corrected chi connectivity index (χ1v) is 7.92. The first kappa shape index (κ1) is 16.6. The van der Waals surface area contributed by atoms with E-state index in [9.17, 15) is 14.4 Å². The Morgan fingerprint density at radius 2 is 1.72 bits per heavy atom. The number of fused-ring (bicyclic) bond motifs is 1. The van der Waals surface area contributed by atoms with E-state index in [1.807, 2.05) is 12.1 Å². The Morgan fingerprint density at radius 3 is 2.32 bits per heavy atom. The second-order valence-electron chi connectivity index (χ2n) is 5.71. The summed E-state index contributed by atoms with van der Waals surface area (Å²) in [6.07, 6.45) is 1.66. The molecule has 0 aliphatic carbocycles. The second kappa shape index (κ2) is 7.12. The van der Waals surface area contributed by atoms with Crippen LogP contribution in [0, 0.1) is 0 Å². The van der Waals surface area contributed by atoms with Crippen molar-refractivity contribution in [2.24, 2.45) is 0 Å². The van der Waals surface area contributed by atoms with Crippen LogP contribution in [0.1, 0.15) is 26.4 Å². The first-order chi connectivity index (χ1) is 12.1. The van der Waals surface area contributed by atoms with E-state index in [0.29, 0.717) is 17.7 Å². The largest absolute Gasteiger partial charge is 0.332 e. The zero-order chi connectivity index (χ0) is 17.8. The highest BCUT2D eigenvalue weighted by Crippen LogP contribution is 2.21. The fourth-order valence-corrected chi connectivity index (χ4v) is 2.60. The highest BCUT2D eigenvalue weighted by molar-refractivity contribution is 6.21. The van der Waals surface area contributed by atoms with Crippen LogP contribution in [0.4, 0.5) is 4.79 Å². The Morgan fingerprint density at radius 1 is 1.08 bits per heavy atom. The summed E-state index contributed by atoms with van der Waals surface area (Å²) in [7, 11) is 1.62. The molecule has 2 aromatic rings. The van der Waals surface area contributed by atoms with Crippen molar-refractivity contribution in [2.45, 2.75) is 6.54 Å². The fraction of sp³-hybridized carbons (Fsp3) is 0.222. The van der Waals surface area contributed by atoms with Crippen LogP contribution in [-0.2, 0) is 6.54 Å². The summed E-state index contributed by atoms with van der Waals surface area (Å²) in [6.45, 7) is 0.719. The molecule has 0 atom stereocenters. The molecule has 25 heavy (non-hydrogen) atoms. The van der Waals surface area contributed by atoms with E-state index in [0.717, 1.165) is 5.69 Å². The number of nitrogens with one attached hydrogen (secondary N) is 1. The highest BCUT2D eigenvalue weighted by Gasteiger charge is 2.34. The predicted octanol–water partition coefficient (Wildman–Crippen LogP) is 1.52. The van der Waals surface area contributed by atoms with Gasteiger partial charge in [-0.1, -0.05) is 18.2 Å². The van der Waals surface area contributed by atoms with Crippen LogP contribution < -0.4 is 5.32 Å². The lowest BCUT2D eigenvalue weighted by Crippen LogP contribution is -2.42. The maximum Gasteiger partial charge on any atom is 0.317 e. The van der Waals surface area contributed by atoms with Crippen LogP contribution >= 0.6 is 0 Å². The average molecular weight is 338 g/mol. The number of urea groups is 1. The SMILES string of the molecule is CN(CCN1C(=O)c2ccccc2C1=O)C(=O)NCc1ccccn1. The molecule has 4 amide bonds. The number of rotatable bonds is 5. The van der Waals surface area contributed by atoms with Crippen molar-refractivity contribution in [1.82, 2.24) is 20.1 Å². The van der Waals surface area contributed by atoms with Crippen molar-refractivity contribution in [3.05, 3.63) is 65.5 Å². The topological polar surface area (TPSA) is 82.6 Å². The van der Waals surface area contributed by atoms with Crippen molar-refractivity contribution in [3.8, 4) is 0 Å². The molecule has 3 rings (SSSR count). The number of hydrogen-bond acceptors (Lipinski definition) is 4. The third-order valence-electron chi connectivity index (χ3n) is 4.03. The van der Waals surface area contributed by atoms with Gasteiger partial charge in [-0.3, -0.25) is 19.5 Å². The Bertz CT molecular complexity index is 772. The van der Waals surface area contributed by atoms with Gasteiger partial charge >= 0.3 is 6.03 Å². The van der Waals surface area contributed by atoms with Crippen molar-refractivity contribution < 1.29 is 14.4 Å². The molecule has 0 bridgehead atoms. The molecule has 0 saturated heterocycles. The zero-order valence-corrected chi connectivity index (χ0v) is 13.8. The molecule has 7 heteroatoms. The number of likely N-dealkylation sites (N-methyl/N-ethyl adjacent to an activating group) is 1. The van der Waals surface area contributed by atoms with Gasteiger partial charge in [0.1, 0.15) is 0 Å². The molecule has 7 nitrogen and oxygen atoms in total. The van der Waals surface area contributed by atoms with Gasteiger partial charge < -0.3 is 10.2 Å². The van der Waals surface area contributed by atoms with Gasteiger partial charge in [-0.25, -0.2) is 4.79 Å². The van der Waals surface area contributed by atoms with E-state index in [2.05, 4.69) is 10.3 Å². The van der Waals surface area contributed by atoms with Gasteiger partial charge in [0.15, 0.2) is 0 Å². The van der Waals surface area contributed by atoms with Crippen LogP contribution in [0.25, 0.3) is 0 Å².